The zero-order valence-electron chi connectivity index (χ0n) is 8.97. The molecule has 0 unspecified atom stereocenters. The first-order valence-electron chi connectivity index (χ1n) is 5.07. The van der Waals surface area contributed by atoms with Crippen molar-refractivity contribution < 1.29 is 19.8 Å². The summed E-state index contributed by atoms with van der Waals surface area (Å²) in [5, 5.41) is 18.6. The van der Waals surface area contributed by atoms with Gasteiger partial charge < -0.3 is 15.1 Å². The molecule has 0 spiro atoms. The molecular formula is C10H9Br2NO4S. The van der Waals surface area contributed by atoms with Gasteiger partial charge in [0.25, 0.3) is 5.91 Å². The maximum absolute atomic E-state index is 12.2. The highest BCUT2D eigenvalue weighted by Gasteiger charge is 2.39. The number of halogens is 2. The van der Waals surface area contributed by atoms with E-state index in [1.807, 2.05) is 0 Å². The number of aliphatic hydroxyl groups excluding tert-OH is 1. The molecule has 1 amide bonds. The molecule has 1 aromatic heterocycles. The van der Waals surface area contributed by atoms with Gasteiger partial charge in [0.05, 0.1) is 19.2 Å². The predicted octanol–water partition coefficient (Wildman–Crippen LogP) is 1.93. The van der Waals surface area contributed by atoms with E-state index in [0.29, 0.717) is 9.35 Å². The van der Waals surface area contributed by atoms with Crippen molar-refractivity contribution in [3.63, 3.8) is 0 Å². The quantitative estimate of drug-likeness (QED) is 0.797. The highest BCUT2D eigenvalue weighted by atomic mass is 79.9. The monoisotopic (exact) mass is 397 g/mol. The number of hydrogen-bond donors (Lipinski definition) is 2. The third-order valence-electron chi connectivity index (χ3n) is 2.71. The highest BCUT2D eigenvalue weighted by molar-refractivity contribution is 9.12. The molecular weight excluding hydrogens is 390 g/mol. The SMILES string of the molecule is O=C(O)[C@@H]1C[C@H](O)CN1C(=O)c1cc(Br)sc1Br. The van der Waals surface area contributed by atoms with E-state index < -0.39 is 18.1 Å². The smallest absolute Gasteiger partial charge is 0.326 e. The lowest BCUT2D eigenvalue weighted by molar-refractivity contribution is -0.141. The Kier molecular flexibility index (Phi) is 4.10. The van der Waals surface area contributed by atoms with Crippen LogP contribution < -0.4 is 0 Å². The first kappa shape index (κ1) is 14.0. The fraction of sp³-hybridized carbons (Fsp3) is 0.400. The van der Waals surface area contributed by atoms with E-state index in [0.717, 1.165) is 3.79 Å². The second-order valence-electron chi connectivity index (χ2n) is 3.94. The molecule has 2 rings (SSSR count). The third-order valence-corrected chi connectivity index (χ3v) is 5.05. The Morgan fingerprint density at radius 3 is 2.61 bits per heavy atom. The summed E-state index contributed by atoms with van der Waals surface area (Å²) in [5.41, 5.74) is 0.409. The zero-order valence-corrected chi connectivity index (χ0v) is 13.0. The van der Waals surface area contributed by atoms with E-state index in [4.69, 9.17) is 5.11 Å². The first-order valence-corrected chi connectivity index (χ1v) is 7.47. The van der Waals surface area contributed by atoms with E-state index >= 15 is 0 Å². The Hall–Kier alpha value is -0.440. The number of amides is 1. The lowest BCUT2D eigenvalue weighted by Crippen LogP contribution is -2.40. The van der Waals surface area contributed by atoms with Crippen LogP contribution >= 0.6 is 43.2 Å². The number of carboxylic acids is 1. The number of β-amino-alcohol motifs (C(OH)–C–C–N with tert-alkyl or cyclic N) is 1. The van der Waals surface area contributed by atoms with Crippen LogP contribution in [0, 0.1) is 0 Å². The van der Waals surface area contributed by atoms with Crippen LogP contribution in [0.4, 0.5) is 0 Å². The van der Waals surface area contributed by atoms with Crippen LogP contribution in [0.2, 0.25) is 0 Å². The van der Waals surface area contributed by atoms with Crippen molar-refractivity contribution in [3.8, 4) is 0 Å². The normalized spacial score (nSPS) is 23.4. The average molecular weight is 399 g/mol. The Morgan fingerprint density at radius 1 is 1.44 bits per heavy atom. The summed E-state index contributed by atoms with van der Waals surface area (Å²) < 4.78 is 1.43. The second-order valence-corrected chi connectivity index (χ2v) is 7.69. The molecule has 2 heterocycles. The van der Waals surface area contributed by atoms with Crippen molar-refractivity contribution in [2.75, 3.05) is 6.54 Å². The van der Waals surface area contributed by atoms with E-state index in [9.17, 15) is 14.7 Å². The number of aliphatic hydroxyl groups is 1. The molecule has 2 atom stereocenters. The van der Waals surface area contributed by atoms with Crippen molar-refractivity contribution in [3.05, 3.63) is 19.2 Å². The van der Waals surface area contributed by atoms with E-state index in [-0.39, 0.29) is 18.9 Å². The largest absolute Gasteiger partial charge is 0.480 e. The number of carboxylic acid groups (broad SMARTS) is 1. The summed E-state index contributed by atoms with van der Waals surface area (Å²) in [6.45, 7) is 0.0513. The summed E-state index contributed by atoms with van der Waals surface area (Å²) in [6, 6.07) is 0.679. The fourth-order valence-electron chi connectivity index (χ4n) is 1.91. The van der Waals surface area contributed by atoms with E-state index in [1.54, 1.807) is 6.07 Å². The number of hydrogen-bond acceptors (Lipinski definition) is 4. The van der Waals surface area contributed by atoms with Crippen molar-refractivity contribution >= 4 is 55.1 Å². The molecule has 18 heavy (non-hydrogen) atoms. The lowest BCUT2D eigenvalue weighted by Gasteiger charge is -2.20. The first-order chi connectivity index (χ1) is 8.40. The molecule has 5 nitrogen and oxygen atoms in total. The molecule has 98 valence electrons. The van der Waals surface area contributed by atoms with Crippen molar-refractivity contribution in [2.45, 2.75) is 18.6 Å². The van der Waals surface area contributed by atoms with Gasteiger partial charge in [-0.2, -0.15) is 0 Å². The maximum atomic E-state index is 12.2. The van der Waals surface area contributed by atoms with Crippen LogP contribution in [-0.2, 0) is 4.79 Å². The summed E-state index contributed by atoms with van der Waals surface area (Å²) in [7, 11) is 0. The van der Waals surface area contributed by atoms with Gasteiger partial charge in [-0.1, -0.05) is 0 Å². The number of nitrogens with zero attached hydrogens (tertiary/aromatic N) is 1. The Labute approximate surface area is 124 Å². The molecule has 2 N–H and O–H groups in total. The topological polar surface area (TPSA) is 77.8 Å². The summed E-state index contributed by atoms with van der Waals surface area (Å²) in [6.07, 6.45) is -0.708. The minimum atomic E-state index is -1.09. The number of likely N-dealkylation sites (tertiary alicyclic amines) is 1. The summed E-state index contributed by atoms with van der Waals surface area (Å²) >= 11 is 7.88. The van der Waals surface area contributed by atoms with Gasteiger partial charge >= 0.3 is 5.97 Å². The van der Waals surface area contributed by atoms with Gasteiger partial charge in [0.2, 0.25) is 0 Å². The zero-order chi connectivity index (χ0) is 13.4. The van der Waals surface area contributed by atoms with Crippen LogP contribution in [0.5, 0.6) is 0 Å². The lowest BCUT2D eigenvalue weighted by atomic mass is 10.2. The molecule has 1 fully saturated rings. The molecule has 0 bridgehead atoms. The van der Waals surface area contributed by atoms with Gasteiger partial charge in [0, 0.05) is 13.0 Å². The van der Waals surface area contributed by atoms with E-state index in [1.165, 1.54) is 16.2 Å². The van der Waals surface area contributed by atoms with Crippen LogP contribution in [-0.4, -0.2) is 45.7 Å². The third kappa shape index (κ3) is 2.61. The minimum absolute atomic E-state index is 0.0513. The number of thiophene rings is 1. The van der Waals surface area contributed by atoms with Gasteiger partial charge in [-0.25, -0.2) is 4.79 Å². The van der Waals surface area contributed by atoms with Crippen molar-refractivity contribution in [2.24, 2.45) is 0 Å². The number of aliphatic carboxylic acids is 1. The van der Waals surface area contributed by atoms with Crippen LogP contribution in [0.25, 0.3) is 0 Å². The van der Waals surface area contributed by atoms with Gasteiger partial charge in [-0.3, -0.25) is 4.79 Å². The van der Waals surface area contributed by atoms with Gasteiger partial charge in [-0.15, -0.1) is 11.3 Å². The minimum Gasteiger partial charge on any atom is -0.480 e. The Bertz CT molecular complexity index is 504. The van der Waals surface area contributed by atoms with Gasteiger partial charge in [0.15, 0.2) is 0 Å². The van der Waals surface area contributed by atoms with Crippen LogP contribution in [0.15, 0.2) is 13.6 Å². The molecule has 0 aliphatic carbocycles. The highest BCUT2D eigenvalue weighted by Crippen LogP contribution is 2.34. The molecule has 8 heteroatoms. The molecule has 0 saturated carbocycles. The van der Waals surface area contributed by atoms with Crippen LogP contribution in [0.3, 0.4) is 0 Å². The molecule has 1 aliphatic heterocycles. The Balaban J connectivity index is 2.28. The van der Waals surface area contributed by atoms with Crippen molar-refractivity contribution in [1.82, 2.24) is 4.90 Å². The molecule has 0 aromatic carbocycles. The molecule has 0 radical (unpaired) electrons. The molecule has 1 saturated heterocycles. The van der Waals surface area contributed by atoms with Crippen molar-refractivity contribution in [1.29, 1.82) is 0 Å². The number of carbonyl (C=O) groups excluding carboxylic acids is 1. The Morgan fingerprint density at radius 2 is 2.11 bits per heavy atom. The molecule has 1 aromatic rings. The van der Waals surface area contributed by atoms with Gasteiger partial charge in [0.1, 0.15) is 6.04 Å². The number of carbonyl (C=O) groups is 2. The number of rotatable bonds is 2. The maximum Gasteiger partial charge on any atom is 0.326 e. The van der Waals surface area contributed by atoms with E-state index in [2.05, 4.69) is 31.9 Å². The summed E-state index contributed by atoms with van der Waals surface area (Å²) in [4.78, 5) is 24.5. The predicted molar refractivity (Wildman–Crippen MR) is 72.8 cm³/mol. The average Bonchev–Trinajstić information content (AvgIpc) is 2.81. The fourth-order valence-corrected chi connectivity index (χ4v) is 4.69. The molecule has 1 aliphatic rings. The standard InChI is InChI=1S/C10H9Br2NO4S/c11-7-2-5(8(12)18-7)9(15)13-3-4(14)1-6(13)10(16)17/h2,4,6,14H,1,3H2,(H,16,17)/t4-,6-/m0/s1. The van der Waals surface area contributed by atoms with Crippen LogP contribution in [0.1, 0.15) is 16.8 Å². The second kappa shape index (κ2) is 5.28. The van der Waals surface area contributed by atoms with Gasteiger partial charge in [-0.05, 0) is 37.9 Å². The summed E-state index contributed by atoms with van der Waals surface area (Å²) in [5.74, 6) is -1.47.